The molecule has 0 aliphatic heterocycles. The summed E-state index contributed by atoms with van der Waals surface area (Å²) in [5.41, 5.74) is 7.45. The van der Waals surface area contributed by atoms with Gasteiger partial charge in [0.05, 0.1) is 23.7 Å². The van der Waals surface area contributed by atoms with Crippen LogP contribution in [0.3, 0.4) is 0 Å². The number of nitrogens with zero attached hydrogens (tertiary/aromatic N) is 1. The topological polar surface area (TPSA) is 149 Å². The molecule has 4 rings (SSSR count). The van der Waals surface area contributed by atoms with Crippen LogP contribution in [-0.4, -0.2) is 62.3 Å². The molecule has 1 aromatic carbocycles. The molecule has 7 N–H and O–H groups in total. The van der Waals surface area contributed by atoms with Crippen LogP contribution in [0.1, 0.15) is 114 Å². The van der Waals surface area contributed by atoms with Crippen molar-refractivity contribution in [1.82, 2.24) is 10.3 Å². The molecule has 1 heterocycles. The van der Waals surface area contributed by atoms with Gasteiger partial charge >= 0.3 is 5.97 Å². The number of rotatable bonds is 23. The lowest BCUT2D eigenvalue weighted by Gasteiger charge is -2.28. The second kappa shape index (κ2) is 20.9. The maximum Gasteiger partial charge on any atom is 0.309 e. The average molecular weight is 692 g/mol. The molecule has 0 radical (unpaired) electrons. The Bertz CT molecular complexity index is 1290. The van der Waals surface area contributed by atoms with Crippen molar-refractivity contribution in [2.75, 3.05) is 18.8 Å². The summed E-state index contributed by atoms with van der Waals surface area (Å²) in [6.45, 7) is 3.91. The van der Waals surface area contributed by atoms with Gasteiger partial charge in [-0.2, -0.15) is 0 Å². The van der Waals surface area contributed by atoms with Crippen LogP contribution < -0.4 is 11.1 Å². The molecule has 2 aromatic rings. The van der Waals surface area contributed by atoms with E-state index in [9.17, 15) is 25.2 Å². The van der Waals surface area contributed by atoms with E-state index in [1.807, 2.05) is 18.2 Å². The molecule has 0 unspecified atom stereocenters. The standard InChI is InChI=1S/C42H65N3O5/c1-2-3-6-14-32-18-19-34(39(47)26-32)16-9-5-10-17-37(41(48)49)38(46)20-22-42(50)28-35(25-33-21-24-45-40(43)27-33)36(29-42)30-44-23-11-15-31-12-7-4-8-13-31/h4,7-8,12-13,18-19,21,24,27,32,34-39,44,46-47,50H,2-3,5-6,9-11,14-17,20,22-23,25-26,28-30H2,1H3,(H2,43,45)(H,48,49)/t32-,34-,35-,36+,37+,38-,39-,42-/m1/s1. The van der Waals surface area contributed by atoms with Crippen molar-refractivity contribution in [2.24, 2.45) is 29.6 Å². The quantitative estimate of drug-likeness (QED) is 0.0534. The van der Waals surface area contributed by atoms with Gasteiger partial charge in [-0.1, -0.05) is 87.9 Å². The van der Waals surface area contributed by atoms with E-state index in [1.54, 1.807) is 6.20 Å². The highest BCUT2D eigenvalue weighted by atomic mass is 16.4. The van der Waals surface area contributed by atoms with E-state index >= 15 is 0 Å². The van der Waals surface area contributed by atoms with Crippen molar-refractivity contribution < 1.29 is 25.2 Å². The minimum Gasteiger partial charge on any atom is -0.481 e. The Kier molecular flexibility index (Phi) is 16.7. The molecule has 1 saturated carbocycles. The predicted molar refractivity (Wildman–Crippen MR) is 201 cm³/mol. The summed E-state index contributed by atoms with van der Waals surface area (Å²) in [5, 5.41) is 47.2. The number of anilines is 1. The molecule has 278 valence electrons. The number of aryl methyl sites for hydroxylation is 1. The number of nitrogens with two attached hydrogens (primary N) is 1. The number of aromatic nitrogens is 1. The highest BCUT2D eigenvalue weighted by Crippen LogP contribution is 2.44. The third kappa shape index (κ3) is 13.4. The first-order valence-corrected chi connectivity index (χ1v) is 19.6. The van der Waals surface area contributed by atoms with Crippen LogP contribution in [0, 0.1) is 29.6 Å². The number of benzene rings is 1. The van der Waals surface area contributed by atoms with Gasteiger partial charge in [0, 0.05) is 12.1 Å². The van der Waals surface area contributed by atoms with E-state index in [4.69, 9.17) is 5.73 Å². The summed E-state index contributed by atoms with van der Waals surface area (Å²) in [5.74, 6) is -0.175. The number of carboxylic acid groups (broad SMARTS) is 1. The zero-order valence-corrected chi connectivity index (χ0v) is 30.5. The molecule has 1 aromatic heterocycles. The molecule has 2 aliphatic rings. The third-order valence-electron chi connectivity index (χ3n) is 11.4. The summed E-state index contributed by atoms with van der Waals surface area (Å²) in [4.78, 5) is 16.3. The molecule has 0 saturated heterocycles. The van der Waals surface area contributed by atoms with Crippen molar-refractivity contribution in [3.05, 3.63) is 71.9 Å². The minimum absolute atomic E-state index is 0.179. The van der Waals surface area contributed by atoms with E-state index in [0.29, 0.717) is 37.4 Å². The second-order valence-corrected chi connectivity index (χ2v) is 15.5. The van der Waals surface area contributed by atoms with Gasteiger partial charge < -0.3 is 31.5 Å². The molecule has 0 amide bonds. The molecule has 8 nitrogen and oxygen atoms in total. The Labute approximate surface area is 301 Å². The lowest BCUT2D eigenvalue weighted by molar-refractivity contribution is -0.146. The fraction of sp³-hybridized carbons (Fsp3) is 0.667. The first-order valence-electron chi connectivity index (χ1n) is 19.6. The summed E-state index contributed by atoms with van der Waals surface area (Å²) >= 11 is 0. The van der Waals surface area contributed by atoms with Crippen molar-refractivity contribution in [1.29, 1.82) is 0 Å². The number of pyridine rings is 1. The van der Waals surface area contributed by atoms with Gasteiger partial charge in [0.1, 0.15) is 5.82 Å². The maximum absolute atomic E-state index is 12.2. The van der Waals surface area contributed by atoms with Crippen LogP contribution in [0.25, 0.3) is 0 Å². The van der Waals surface area contributed by atoms with Crippen LogP contribution in [0.15, 0.2) is 60.8 Å². The molecule has 0 spiro atoms. The monoisotopic (exact) mass is 691 g/mol. The Morgan fingerprint density at radius 1 is 0.980 bits per heavy atom. The van der Waals surface area contributed by atoms with Gasteiger partial charge in [0.2, 0.25) is 0 Å². The Morgan fingerprint density at radius 3 is 2.50 bits per heavy atom. The van der Waals surface area contributed by atoms with E-state index in [2.05, 4.69) is 53.6 Å². The van der Waals surface area contributed by atoms with E-state index in [-0.39, 0.29) is 30.3 Å². The molecule has 8 heteroatoms. The first kappa shape index (κ1) is 40.0. The van der Waals surface area contributed by atoms with Gasteiger partial charge in [0.25, 0.3) is 0 Å². The highest BCUT2D eigenvalue weighted by Gasteiger charge is 2.44. The van der Waals surface area contributed by atoms with Gasteiger partial charge in [-0.05, 0) is 125 Å². The number of hydrogen-bond acceptors (Lipinski definition) is 7. The van der Waals surface area contributed by atoms with Crippen LogP contribution in [0.5, 0.6) is 0 Å². The maximum atomic E-state index is 12.2. The fourth-order valence-electron chi connectivity index (χ4n) is 8.52. The van der Waals surface area contributed by atoms with Crippen molar-refractivity contribution >= 4 is 11.8 Å². The smallest absolute Gasteiger partial charge is 0.309 e. The van der Waals surface area contributed by atoms with Gasteiger partial charge in [-0.15, -0.1) is 0 Å². The highest BCUT2D eigenvalue weighted by molar-refractivity contribution is 5.70. The number of hydrogen-bond donors (Lipinski definition) is 6. The zero-order valence-electron chi connectivity index (χ0n) is 30.5. The van der Waals surface area contributed by atoms with Gasteiger partial charge in [-0.3, -0.25) is 4.79 Å². The van der Waals surface area contributed by atoms with Crippen LogP contribution in [-0.2, 0) is 17.6 Å². The largest absolute Gasteiger partial charge is 0.481 e. The lowest BCUT2D eigenvalue weighted by atomic mass is 9.81. The molecule has 50 heavy (non-hydrogen) atoms. The number of aliphatic hydroxyl groups excluding tert-OH is 2. The molecule has 2 aliphatic carbocycles. The van der Waals surface area contributed by atoms with Crippen LogP contribution in [0.2, 0.25) is 0 Å². The fourth-order valence-corrected chi connectivity index (χ4v) is 8.52. The van der Waals surface area contributed by atoms with E-state index in [1.165, 1.54) is 24.8 Å². The van der Waals surface area contributed by atoms with Crippen molar-refractivity contribution in [3.8, 4) is 0 Å². The molecular formula is C42H65N3O5. The predicted octanol–water partition coefficient (Wildman–Crippen LogP) is 7.11. The number of aliphatic carboxylic acids is 1. The summed E-state index contributed by atoms with van der Waals surface area (Å²) in [7, 11) is 0. The number of nitrogen functional groups attached to an aromatic ring is 1. The summed E-state index contributed by atoms with van der Waals surface area (Å²) < 4.78 is 0. The number of nitrogens with one attached hydrogen (secondary N) is 1. The first-order chi connectivity index (χ1) is 24.2. The number of unbranched alkanes of at least 4 members (excludes halogenated alkanes) is 4. The van der Waals surface area contributed by atoms with Gasteiger partial charge in [-0.25, -0.2) is 4.98 Å². The third-order valence-corrected chi connectivity index (χ3v) is 11.4. The average Bonchev–Trinajstić information content (AvgIpc) is 3.40. The minimum atomic E-state index is -1.00. The van der Waals surface area contributed by atoms with Crippen molar-refractivity contribution in [3.63, 3.8) is 0 Å². The number of carbonyl (C=O) groups is 1. The molecule has 0 bridgehead atoms. The number of aliphatic hydroxyl groups is 3. The van der Waals surface area contributed by atoms with E-state index in [0.717, 1.165) is 76.4 Å². The molecule has 1 fully saturated rings. The van der Waals surface area contributed by atoms with Crippen LogP contribution >= 0.6 is 0 Å². The summed E-state index contributed by atoms with van der Waals surface area (Å²) in [6, 6.07) is 14.4. The Morgan fingerprint density at radius 2 is 1.76 bits per heavy atom. The Hall–Kier alpha value is -2.78. The Balaban J connectivity index is 1.22. The van der Waals surface area contributed by atoms with Crippen LogP contribution in [0.4, 0.5) is 5.82 Å². The SMILES string of the molecule is CCCCC[C@@H]1C=C[C@@H](CCCCC[C@H](C(=O)O)[C@H](O)CC[C@]2(O)C[C@@H](CNCCCc3ccccc3)[C@H](Cc3ccnc(N)c3)C2)[C@H](O)C1. The summed E-state index contributed by atoms with van der Waals surface area (Å²) in [6.07, 6.45) is 19.2. The zero-order chi connectivity index (χ0) is 35.8. The second-order valence-electron chi connectivity index (χ2n) is 15.5. The number of carboxylic acids is 1. The van der Waals surface area contributed by atoms with E-state index < -0.39 is 23.6 Å². The lowest BCUT2D eigenvalue weighted by Crippen LogP contribution is -2.33. The normalized spacial score (nSPS) is 26.2. The van der Waals surface area contributed by atoms with Gasteiger partial charge in [0.15, 0.2) is 0 Å². The van der Waals surface area contributed by atoms with Crippen molar-refractivity contribution in [2.45, 2.75) is 134 Å². The number of allylic oxidation sites excluding steroid dienone is 1. The molecule has 8 atom stereocenters. The molecular weight excluding hydrogens is 626 g/mol.